The van der Waals surface area contributed by atoms with E-state index >= 15 is 0 Å². The molecule has 5 fully saturated rings. The largest absolute Gasteiger partial charge is 0.461 e. The van der Waals surface area contributed by atoms with Crippen LogP contribution in [0.3, 0.4) is 0 Å². The van der Waals surface area contributed by atoms with Gasteiger partial charge in [-0.05, 0) is 42.6 Å². The molecule has 8 heteroatoms. The van der Waals surface area contributed by atoms with E-state index in [4.69, 9.17) is 18.9 Å². The summed E-state index contributed by atoms with van der Waals surface area (Å²) in [6, 6.07) is 0. The van der Waals surface area contributed by atoms with Crippen LogP contribution in [0.25, 0.3) is 0 Å². The Labute approximate surface area is 181 Å². The van der Waals surface area contributed by atoms with Crippen LogP contribution in [-0.2, 0) is 28.5 Å². The number of fused-ring (bicyclic) bond motifs is 1. The van der Waals surface area contributed by atoms with Crippen molar-refractivity contribution in [1.29, 1.82) is 0 Å². The van der Waals surface area contributed by atoms with Gasteiger partial charge in [0.05, 0.1) is 11.5 Å². The third-order valence-corrected chi connectivity index (χ3v) is 8.99. The van der Waals surface area contributed by atoms with Crippen LogP contribution in [0, 0.1) is 34.0 Å². The molecule has 0 aromatic rings. The lowest BCUT2D eigenvalue weighted by atomic mass is 9.43. The molecule has 0 amide bonds. The number of aliphatic hydroxyl groups is 2. The number of esters is 2. The standard InChI is InChI=1S/C23H32O8/c1-10-12-8-13(25)15-22(9-12,17(10)29-11(2)24)19(27)30-14-6-7-21(3,4)16-18(26)31-20(28-5)23(14,15)16/h12-18,20,25-26H,1,6-9H2,2-5H3/t12-,13+,14+,15-,16-,17-,18-,20?,22+,23-/m1/s1. The maximum Gasteiger partial charge on any atom is 0.316 e. The van der Waals surface area contributed by atoms with Crippen molar-refractivity contribution in [2.24, 2.45) is 34.0 Å². The predicted molar refractivity (Wildman–Crippen MR) is 106 cm³/mol. The Morgan fingerprint density at radius 2 is 1.97 bits per heavy atom. The SMILES string of the molecule is C=C1[C@@H]2C[C@H](O)[C@@H]3[C@](C2)(C(=O)O[C@H]2CCC(C)(C)[C@H]4[C@H](O)OC(OC)[C@@]243)[C@@H]1OC(C)=O. The molecule has 3 saturated carbocycles. The summed E-state index contributed by atoms with van der Waals surface area (Å²) >= 11 is 0. The van der Waals surface area contributed by atoms with Gasteiger partial charge in [-0.15, -0.1) is 0 Å². The predicted octanol–water partition coefficient (Wildman–Crippen LogP) is 1.53. The molecule has 5 aliphatic rings. The highest BCUT2D eigenvalue weighted by Gasteiger charge is 2.82. The van der Waals surface area contributed by atoms with Crippen molar-refractivity contribution in [1.82, 2.24) is 0 Å². The molecular weight excluding hydrogens is 404 g/mol. The number of aliphatic hydroxyl groups excluding tert-OH is 2. The van der Waals surface area contributed by atoms with Crippen molar-refractivity contribution < 1.29 is 38.7 Å². The van der Waals surface area contributed by atoms with Crippen LogP contribution in [0.4, 0.5) is 0 Å². The van der Waals surface area contributed by atoms with Crippen molar-refractivity contribution in [3.8, 4) is 0 Å². The fourth-order valence-electron chi connectivity index (χ4n) is 8.17. The van der Waals surface area contributed by atoms with Gasteiger partial charge >= 0.3 is 11.9 Å². The van der Waals surface area contributed by atoms with Gasteiger partial charge in [-0.2, -0.15) is 0 Å². The number of carbonyl (C=O) groups excluding carboxylic acids is 2. The highest BCUT2D eigenvalue weighted by atomic mass is 16.7. The second-order valence-electron chi connectivity index (χ2n) is 10.8. The van der Waals surface area contributed by atoms with Crippen molar-refractivity contribution in [3.63, 3.8) is 0 Å². The summed E-state index contributed by atoms with van der Waals surface area (Å²) in [6.07, 6.45) is -2.24. The molecule has 0 aromatic heterocycles. The first-order valence-electron chi connectivity index (χ1n) is 11.1. The Bertz CT molecular complexity index is 837. The highest BCUT2D eigenvalue weighted by molar-refractivity contribution is 5.83. The monoisotopic (exact) mass is 436 g/mol. The molecule has 2 aliphatic heterocycles. The van der Waals surface area contributed by atoms with Crippen LogP contribution in [-0.4, -0.2) is 60.2 Å². The molecule has 2 bridgehead atoms. The summed E-state index contributed by atoms with van der Waals surface area (Å²) in [7, 11) is 1.51. The van der Waals surface area contributed by atoms with E-state index in [1.165, 1.54) is 14.0 Å². The maximum atomic E-state index is 13.7. The summed E-state index contributed by atoms with van der Waals surface area (Å²) in [5, 5.41) is 22.6. The van der Waals surface area contributed by atoms with Gasteiger partial charge in [-0.1, -0.05) is 20.4 Å². The zero-order valence-corrected chi connectivity index (χ0v) is 18.5. The zero-order valence-electron chi connectivity index (χ0n) is 18.5. The molecule has 8 nitrogen and oxygen atoms in total. The topological polar surface area (TPSA) is 112 Å². The number of ether oxygens (including phenoxy) is 4. The van der Waals surface area contributed by atoms with E-state index in [1.807, 2.05) is 0 Å². The van der Waals surface area contributed by atoms with Gasteiger partial charge in [0.25, 0.3) is 0 Å². The summed E-state index contributed by atoms with van der Waals surface area (Å²) in [6.45, 7) is 9.59. The molecule has 1 unspecified atom stereocenters. The van der Waals surface area contributed by atoms with E-state index in [1.54, 1.807) is 0 Å². The normalized spacial score (nSPS) is 52.1. The Kier molecular flexibility index (Phi) is 4.50. The Morgan fingerprint density at radius 3 is 2.61 bits per heavy atom. The van der Waals surface area contributed by atoms with Crippen LogP contribution in [0.2, 0.25) is 0 Å². The van der Waals surface area contributed by atoms with Crippen LogP contribution >= 0.6 is 0 Å². The second-order valence-corrected chi connectivity index (χ2v) is 10.8. The lowest BCUT2D eigenvalue weighted by Crippen LogP contribution is -2.73. The molecule has 2 spiro atoms. The molecular formula is C23H32O8. The van der Waals surface area contributed by atoms with Gasteiger partial charge in [0.2, 0.25) is 0 Å². The summed E-state index contributed by atoms with van der Waals surface area (Å²) in [5.74, 6) is -2.23. The summed E-state index contributed by atoms with van der Waals surface area (Å²) in [4.78, 5) is 25.7. The highest BCUT2D eigenvalue weighted by Crippen LogP contribution is 2.73. The van der Waals surface area contributed by atoms with E-state index in [9.17, 15) is 19.8 Å². The number of carbonyl (C=O) groups is 2. The molecule has 2 heterocycles. The first kappa shape index (κ1) is 21.4. The third-order valence-electron chi connectivity index (χ3n) is 8.99. The first-order valence-corrected chi connectivity index (χ1v) is 11.1. The molecule has 3 aliphatic carbocycles. The fourth-order valence-corrected chi connectivity index (χ4v) is 8.17. The molecule has 0 aromatic carbocycles. The average Bonchev–Trinajstić information content (AvgIpc) is 3.09. The van der Waals surface area contributed by atoms with E-state index in [0.29, 0.717) is 24.8 Å². The number of methoxy groups -OCH3 is 1. The fraction of sp³-hybridized carbons (Fsp3) is 0.826. The quantitative estimate of drug-likeness (QED) is 0.495. The van der Waals surface area contributed by atoms with Crippen molar-refractivity contribution in [2.45, 2.75) is 77.3 Å². The van der Waals surface area contributed by atoms with Gasteiger partial charge in [0, 0.05) is 25.9 Å². The van der Waals surface area contributed by atoms with Gasteiger partial charge < -0.3 is 29.2 Å². The minimum absolute atomic E-state index is 0.153. The molecule has 172 valence electrons. The van der Waals surface area contributed by atoms with Crippen molar-refractivity contribution >= 4 is 11.9 Å². The maximum absolute atomic E-state index is 13.7. The van der Waals surface area contributed by atoms with Crippen LogP contribution in [0.15, 0.2) is 12.2 Å². The summed E-state index contributed by atoms with van der Waals surface area (Å²) < 4.78 is 23.5. The molecule has 10 atom stereocenters. The number of rotatable bonds is 2. The average molecular weight is 437 g/mol. The molecule has 5 rings (SSSR count). The minimum atomic E-state index is -1.28. The van der Waals surface area contributed by atoms with Crippen LogP contribution in [0.1, 0.15) is 46.5 Å². The third kappa shape index (κ3) is 2.39. The van der Waals surface area contributed by atoms with E-state index in [-0.39, 0.29) is 11.3 Å². The lowest BCUT2D eigenvalue weighted by molar-refractivity contribution is -0.299. The zero-order chi connectivity index (χ0) is 22.5. The van der Waals surface area contributed by atoms with E-state index in [2.05, 4.69) is 20.4 Å². The first-order chi connectivity index (χ1) is 14.5. The van der Waals surface area contributed by atoms with E-state index in [0.717, 1.165) is 6.42 Å². The Hall–Kier alpha value is -1.48. The number of hydrogen-bond donors (Lipinski definition) is 2. The van der Waals surface area contributed by atoms with Gasteiger partial charge in [-0.25, -0.2) is 0 Å². The van der Waals surface area contributed by atoms with Crippen molar-refractivity contribution in [3.05, 3.63) is 12.2 Å². The molecule has 31 heavy (non-hydrogen) atoms. The summed E-state index contributed by atoms with van der Waals surface area (Å²) in [5.41, 5.74) is -1.96. The smallest absolute Gasteiger partial charge is 0.316 e. The second kappa shape index (κ2) is 6.53. The van der Waals surface area contributed by atoms with E-state index < -0.39 is 65.5 Å². The number of hydrogen-bond acceptors (Lipinski definition) is 8. The molecule has 0 radical (unpaired) electrons. The Balaban J connectivity index is 1.76. The van der Waals surface area contributed by atoms with Crippen molar-refractivity contribution in [2.75, 3.05) is 7.11 Å². The molecule has 2 N–H and O–H groups in total. The molecule has 2 saturated heterocycles. The van der Waals surface area contributed by atoms with Gasteiger partial charge in [0.1, 0.15) is 17.6 Å². The Morgan fingerprint density at radius 1 is 1.26 bits per heavy atom. The van der Waals surface area contributed by atoms with Crippen LogP contribution in [0.5, 0.6) is 0 Å². The van der Waals surface area contributed by atoms with Crippen LogP contribution < -0.4 is 0 Å². The minimum Gasteiger partial charge on any atom is -0.461 e. The lowest BCUT2D eigenvalue weighted by Gasteiger charge is -2.64. The van der Waals surface area contributed by atoms with Gasteiger partial charge in [0.15, 0.2) is 12.6 Å². The van der Waals surface area contributed by atoms with Gasteiger partial charge in [-0.3, -0.25) is 9.59 Å².